The summed E-state index contributed by atoms with van der Waals surface area (Å²) in [6, 6.07) is 0. The van der Waals surface area contributed by atoms with E-state index in [0.29, 0.717) is 0 Å². The maximum atomic E-state index is 12.5. The first kappa shape index (κ1) is 7.87. The van der Waals surface area contributed by atoms with Gasteiger partial charge >= 0.3 is 0 Å². The normalized spacial score (nSPS) is 48.0. The van der Waals surface area contributed by atoms with Crippen molar-refractivity contribution in [2.75, 3.05) is 6.61 Å². The van der Waals surface area contributed by atoms with Crippen molar-refractivity contribution in [1.29, 1.82) is 0 Å². The molecule has 10 heavy (non-hydrogen) atoms. The van der Waals surface area contributed by atoms with Crippen molar-refractivity contribution in [3.63, 3.8) is 0 Å². The standard InChI is InChI=1S/C5H9FO4/c6-3-2(1-7)10-5(9)4(3)8/h2-5,7-9H,1H2/t2-,3?,4?,5?/m1/s1. The molecule has 0 aromatic heterocycles. The number of rotatable bonds is 1. The van der Waals surface area contributed by atoms with Crippen molar-refractivity contribution in [3.05, 3.63) is 0 Å². The van der Waals surface area contributed by atoms with Crippen LogP contribution in [0.1, 0.15) is 0 Å². The van der Waals surface area contributed by atoms with Crippen LogP contribution in [0, 0.1) is 0 Å². The zero-order valence-corrected chi connectivity index (χ0v) is 5.14. The molecule has 5 heteroatoms. The maximum absolute atomic E-state index is 12.5. The van der Waals surface area contributed by atoms with Gasteiger partial charge in [0.1, 0.15) is 12.2 Å². The zero-order valence-electron chi connectivity index (χ0n) is 5.14. The van der Waals surface area contributed by atoms with E-state index < -0.39 is 31.3 Å². The second kappa shape index (κ2) is 2.79. The Hall–Kier alpha value is -0.230. The molecule has 4 nitrogen and oxygen atoms in total. The molecule has 0 radical (unpaired) electrons. The van der Waals surface area contributed by atoms with E-state index in [1.54, 1.807) is 0 Å². The highest BCUT2D eigenvalue weighted by Gasteiger charge is 2.42. The molecule has 1 aliphatic heterocycles. The second-order valence-electron chi connectivity index (χ2n) is 2.18. The molecule has 0 bridgehead atoms. The molecule has 0 aliphatic carbocycles. The molecule has 4 atom stereocenters. The average molecular weight is 152 g/mol. The van der Waals surface area contributed by atoms with E-state index in [0.717, 1.165) is 0 Å². The third kappa shape index (κ3) is 1.13. The minimum Gasteiger partial charge on any atom is -0.394 e. The van der Waals surface area contributed by atoms with Crippen LogP contribution in [-0.2, 0) is 4.74 Å². The number of alkyl halides is 1. The lowest BCUT2D eigenvalue weighted by molar-refractivity contribution is -0.132. The summed E-state index contributed by atoms with van der Waals surface area (Å²) in [6.07, 6.45) is -5.82. The molecular weight excluding hydrogens is 143 g/mol. The van der Waals surface area contributed by atoms with Crippen molar-refractivity contribution >= 4 is 0 Å². The number of halogens is 1. The summed E-state index contributed by atoms with van der Waals surface area (Å²) in [6.45, 7) is -0.532. The highest BCUT2D eigenvalue weighted by Crippen LogP contribution is 2.21. The molecule has 1 rings (SSSR count). The molecule has 3 N–H and O–H groups in total. The van der Waals surface area contributed by atoms with Gasteiger partial charge in [-0.1, -0.05) is 0 Å². The Labute approximate surface area is 56.9 Å². The fourth-order valence-corrected chi connectivity index (χ4v) is 0.856. The van der Waals surface area contributed by atoms with Gasteiger partial charge in [-0.05, 0) is 0 Å². The van der Waals surface area contributed by atoms with Crippen LogP contribution in [0.5, 0.6) is 0 Å². The second-order valence-corrected chi connectivity index (χ2v) is 2.18. The number of hydrogen-bond donors (Lipinski definition) is 3. The topological polar surface area (TPSA) is 69.9 Å². The smallest absolute Gasteiger partial charge is 0.184 e. The summed E-state index contributed by atoms with van der Waals surface area (Å²) in [4.78, 5) is 0. The number of aliphatic hydroxyl groups is 3. The molecule has 0 saturated carbocycles. The molecule has 1 heterocycles. The van der Waals surface area contributed by atoms with E-state index in [4.69, 9.17) is 15.3 Å². The van der Waals surface area contributed by atoms with Crippen LogP contribution in [0.2, 0.25) is 0 Å². The van der Waals surface area contributed by atoms with Crippen LogP contribution in [-0.4, -0.2) is 46.6 Å². The van der Waals surface area contributed by atoms with E-state index in [2.05, 4.69) is 4.74 Å². The number of hydrogen-bond acceptors (Lipinski definition) is 4. The van der Waals surface area contributed by atoms with Gasteiger partial charge < -0.3 is 20.1 Å². The predicted octanol–water partition coefficient (Wildman–Crippen LogP) is -1.61. The van der Waals surface area contributed by atoms with Crippen LogP contribution < -0.4 is 0 Å². The van der Waals surface area contributed by atoms with Gasteiger partial charge in [0.25, 0.3) is 0 Å². The summed E-state index contributed by atoms with van der Waals surface area (Å²) >= 11 is 0. The molecular formula is C5H9FO4. The van der Waals surface area contributed by atoms with Gasteiger partial charge in [0.2, 0.25) is 0 Å². The first-order chi connectivity index (χ1) is 4.66. The monoisotopic (exact) mass is 152 g/mol. The van der Waals surface area contributed by atoms with E-state index in [1.165, 1.54) is 0 Å². The molecule has 1 saturated heterocycles. The predicted molar refractivity (Wildman–Crippen MR) is 28.9 cm³/mol. The van der Waals surface area contributed by atoms with Gasteiger partial charge in [0, 0.05) is 0 Å². The lowest BCUT2D eigenvalue weighted by Crippen LogP contribution is -2.29. The van der Waals surface area contributed by atoms with Crippen molar-refractivity contribution in [3.8, 4) is 0 Å². The minimum absolute atomic E-state index is 0.532. The fraction of sp³-hybridized carbons (Fsp3) is 1.00. The largest absolute Gasteiger partial charge is 0.394 e. The summed E-state index contributed by atoms with van der Waals surface area (Å²) in [7, 11) is 0. The first-order valence-electron chi connectivity index (χ1n) is 2.93. The summed E-state index contributed by atoms with van der Waals surface area (Å²) in [5.41, 5.74) is 0. The Balaban J connectivity index is 2.53. The van der Waals surface area contributed by atoms with E-state index >= 15 is 0 Å². The third-order valence-electron chi connectivity index (χ3n) is 1.47. The van der Waals surface area contributed by atoms with Gasteiger partial charge in [0.15, 0.2) is 12.5 Å². The van der Waals surface area contributed by atoms with Gasteiger partial charge in [0.05, 0.1) is 6.61 Å². The number of ether oxygens (including phenoxy) is 1. The lowest BCUT2D eigenvalue weighted by atomic mass is 10.2. The van der Waals surface area contributed by atoms with E-state index in [9.17, 15) is 4.39 Å². The average Bonchev–Trinajstić information content (AvgIpc) is 2.17. The molecule has 1 aliphatic rings. The Morgan fingerprint density at radius 1 is 1.40 bits per heavy atom. The van der Waals surface area contributed by atoms with Crippen LogP contribution in [0.3, 0.4) is 0 Å². The van der Waals surface area contributed by atoms with E-state index in [1.807, 2.05) is 0 Å². The maximum Gasteiger partial charge on any atom is 0.184 e. The van der Waals surface area contributed by atoms with Crippen LogP contribution in [0.4, 0.5) is 4.39 Å². The van der Waals surface area contributed by atoms with Gasteiger partial charge in [-0.2, -0.15) is 0 Å². The van der Waals surface area contributed by atoms with Gasteiger partial charge in [-0.25, -0.2) is 4.39 Å². The lowest BCUT2D eigenvalue weighted by Gasteiger charge is -2.06. The summed E-state index contributed by atoms with van der Waals surface area (Å²) < 4.78 is 17.0. The minimum atomic E-state index is -1.69. The fourth-order valence-electron chi connectivity index (χ4n) is 0.856. The quantitative estimate of drug-likeness (QED) is 0.423. The van der Waals surface area contributed by atoms with Crippen LogP contribution in [0.25, 0.3) is 0 Å². The molecule has 0 amide bonds. The summed E-state index contributed by atoms with van der Waals surface area (Å²) in [5, 5.41) is 25.7. The van der Waals surface area contributed by atoms with Crippen molar-refractivity contribution in [2.45, 2.75) is 24.7 Å². The molecule has 3 unspecified atom stereocenters. The van der Waals surface area contributed by atoms with Crippen molar-refractivity contribution in [2.24, 2.45) is 0 Å². The zero-order chi connectivity index (χ0) is 7.72. The third-order valence-corrected chi connectivity index (χ3v) is 1.47. The highest BCUT2D eigenvalue weighted by molar-refractivity contribution is 4.85. The van der Waals surface area contributed by atoms with Crippen molar-refractivity contribution in [1.82, 2.24) is 0 Å². The van der Waals surface area contributed by atoms with Crippen LogP contribution in [0.15, 0.2) is 0 Å². The molecule has 0 aromatic carbocycles. The Kier molecular flexibility index (Phi) is 2.20. The summed E-state index contributed by atoms with van der Waals surface area (Å²) in [5.74, 6) is 0. The first-order valence-corrected chi connectivity index (χ1v) is 2.93. The SMILES string of the molecule is OC[C@H]1OC(O)C(O)C1F. The Morgan fingerprint density at radius 3 is 2.20 bits per heavy atom. The molecule has 1 fully saturated rings. The van der Waals surface area contributed by atoms with Gasteiger partial charge in [-0.3, -0.25) is 0 Å². The molecule has 0 aromatic rings. The Morgan fingerprint density at radius 2 is 2.00 bits per heavy atom. The highest BCUT2D eigenvalue weighted by atomic mass is 19.1. The van der Waals surface area contributed by atoms with Gasteiger partial charge in [-0.15, -0.1) is 0 Å². The molecule has 60 valence electrons. The van der Waals surface area contributed by atoms with Crippen molar-refractivity contribution < 1.29 is 24.4 Å². The van der Waals surface area contributed by atoms with Crippen LogP contribution >= 0.6 is 0 Å². The Bertz CT molecular complexity index is 120. The van der Waals surface area contributed by atoms with E-state index in [-0.39, 0.29) is 0 Å². The number of aliphatic hydroxyl groups excluding tert-OH is 3. The molecule has 0 spiro atoms.